The summed E-state index contributed by atoms with van der Waals surface area (Å²) in [5, 5.41) is 4.05. The normalized spacial score (nSPS) is 16.7. The highest BCUT2D eigenvalue weighted by Gasteiger charge is 2.30. The summed E-state index contributed by atoms with van der Waals surface area (Å²) < 4.78 is 20.7. The van der Waals surface area contributed by atoms with Crippen LogP contribution in [0.3, 0.4) is 0 Å². The van der Waals surface area contributed by atoms with Gasteiger partial charge in [-0.3, -0.25) is 4.79 Å². The smallest absolute Gasteiger partial charge is 0.252 e. The molecule has 1 fully saturated rings. The van der Waals surface area contributed by atoms with E-state index in [0.717, 1.165) is 17.7 Å². The van der Waals surface area contributed by atoms with Crippen LogP contribution in [0.25, 0.3) is 0 Å². The number of ether oxygens (including phenoxy) is 3. The highest BCUT2D eigenvalue weighted by atomic mass is 16.5. The molecule has 1 atom stereocenters. The molecule has 1 aliphatic heterocycles. The average Bonchev–Trinajstić information content (AvgIpc) is 3.35. The molecule has 2 aromatic rings. The summed E-state index contributed by atoms with van der Waals surface area (Å²) in [5.74, 6) is 2.03. The topological polar surface area (TPSA) is 86.9 Å². The van der Waals surface area contributed by atoms with Gasteiger partial charge in [0.15, 0.2) is 5.82 Å². The van der Waals surface area contributed by atoms with Crippen LogP contribution in [-0.4, -0.2) is 61.5 Å². The summed E-state index contributed by atoms with van der Waals surface area (Å²) in [7, 11) is 3.24. The van der Waals surface area contributed by atoms with E-state index in [0.29, 0.717) is 44.4 Å². The van der Waals surface area contributed by atoms with E-state index in [1.54, 1.807) is 14.2 Å². The van der Waals surface area contributed by atoms with Crippen molar-refractivity contribution in [2.24, 2.45) is 0 Å². The van der Waals surface area contributed by atoms with Crippen LogP contribution in [0.4, 0.5) is 0 Å². The third-order valence-corrected chi connectivity index (χ3v) is 4.54. The van der Waals surface area contributed by atoms with Gasteiger partial charge in [0.25, 0.3) is 5.89 Å². The van der Waals surface area contributed by atoms with Crippen LogP contribution in [0.5, 0.6) is 5.75 Å². The van der Waals surface area contributed by atoms with Gasteiger partial charge >= 0.3 is 0 Å². The molecule has 0 radical (unpaired) electrons. The van der Waals surface area contributed by atoms with E-state index < -0.39 is 0 Å². The summed E-state index contributed by atoms with van der Waals surface area (Å²) >= 11 is 0. The van der Waals surface area contributed by atoms with Gasteiger partial charge in [0.05, 0.1) is 26.7 Å². The maximum atomic E-state index is 12.6. The second kappa shape index (κ2) is 9.48. The first kappa shape index (κ1) is 19.3. The number of hydrogen-bond donors (Lipinski definition) is 0. The number of benzene rings is 1. The van der Waals surface area contributed by atoms with Gasteiger partial charge in [-0.1, -0.05) is 17.3 Å². The number of carbonyl (C=O) groups is 1. The van der Waals surface area contributed by atoms with Crippen molar-refractivity contribution in [2.75, 3.05) is 40.5 Å². The number of hydrogen-bond acceptors (Lipinski definition) is 7. The van der Waals surface area contributed by atoms with Gasteiger partial charge in [0.2, 0.25) is 5.91 Å². The molecule has 146 valence electrons. The summed E-state index contributed by atoms with van der Waals surface area (Å²) in [6.45, 7) is 2.56. The molecule has 8 nitrogen and oxygen atoms in total. The van der Waals surface area contributed by atoms with E-state index in [-0.39, 0.29) is 18.4 Å². The van der Waals surface area contributed by atoms with Crippen molar-refractivity contribution >= 4 is 5.91 Å². The lowest BCUT2D eigenvalue weighted by molar-refractivity contribution is -0.129. The van der Waals surface area contributed by atoms with Crippen molar-refractivity contribution in [3.8, 4) is 5.75 Å². The Hall–Kier alpha value is -2.45. The number of rotatable bonds is 9. The van der Waals surface area contributed by atoms with Crippen molar-refractivity contribution < 1.29 is 23.5 Å². The molecule has 27 heavy (non-hydrogen) atoms. The van der Waals surface area contributed by atoms with Crippen molar-refractivity contribution in [3.05, 3.63) is 41.5 Å². The molecular formula is C19H25N3O5. The van der Waals surface area contributed by atoms with E-state index in [1.807, 2.05) is 29.2 Å². The molecule has 0 aliphatic carbocycles. The van der Waals surface area contributed by atoms with Gasteiger partial charge in [-0.2, -0.15) is 4.98 Å². The van der Waals surface area contributed by atoms with Crippen LogP contribution < -0.4 is 4.74 Å². The lowest BCUT2D eigenvalue weighted by Crippen LogP contribution is -2.30. The van der Waals surface area contributed by atoms with Crippen molar-refractivity contribution in [1.82, 2.24) is 15.0 Å². The molecule has 1 unspecified atom stereocenters. The number of carbonyl (C=O) groups excluding carboxylic acids is 1. The van der Waals surface area contributed by atoms with Crippen molar-refractivity contribution in [1.29, 1.82) is 0 Å². The molecule has 1 saturated heterocycles. The first-order chi connectivity index (χ1) is 13.2. The van der Waals surface area contributed by atoms with E-state index >= 15 is 0 Å². The fourth-order valence-electron chi connectivity index (χ4n) is 3.06. The first-order valence-corrected chi connectivity index (χ1v) is 8.99. The molecule has 0 bridgehead atoms. The zero-order valence-corrected chi connectivity index (χ0v) is 15.7. The lowest BCUT2D eigenvalue weighted by atomic mass is 10.1. The van der Waals surface area contributed by atoms with Crippen molar-refractivity contribution in [3.63, 3.8) is 0 Å². The molecule has 3 rings (SSSR count). The quantitative estimate of drug-likeness (QED) is 0.618. The Balaban J connectivity index is 1.50. The summed E-state index contributed by atoms with van der Waals surface area (Å²) in [4.78, 5) is 18.8. The van der Waals surface area contributed by atoms with Gasteiger partial charge in [-0.05, 0) is 24.1 Å². The number of methoxy groups -OCH3 is 2. The molecule has 0 spiro atoms. The van der Waals surface area contributed by atoms with E-state index in [9.17, 15) is 4.79 Å². The Labute approximate surface area is 158 Å². The number of nitrogens with zero attached hydrogens (tertiary/aromatic N) is 3. The van der Waals surface area contributed by atoms with Crippen LogP contribution in [0, 0.1) is 0 Å². The fourth-order valence-corrected chi connectivity index (χ4v) is 3.06. The Morgan fingerprint density at radius 1 is 1.33 bits per heavy atom. The fraction of sp³-hybridized carbons (Fsp3) is 0.526. The predicted molar refractivity (Wildman–Crippen MR) is 96.5 cm³/mol. The predicted octanol–water partition coefficient (Wildman–Crippen LogP) is 1.80. The minimum absolute atomic E-state index is 0.0933. The zero-order chi connectivity index (χ0) is 19.1. The maximum absolute atomic E-state index is 12.6. The molecular weight excluding hydrogens is 350 g/mol. The van der Waals surface area contributed by atoms with Crippen molar-refractivity contribution in [2.45, 2.75) is 25.4 Å². The minimum Gasteiger partial charge on any atom is -0.497 e. The van der Waals surface area contributed by atoms with Crippen LogP contribution >= 0.6 is 0 Å². The molecule has 0 saturated carbocycles. The molecule has 1 amide bonds. The van der Waals surface area contributed by atoms with Gasteiger partial charge in [-0.25, -0.2) is 0 Å². The highest BCUT2D eigenvalue weighted by molar-refractivity contribution is 5.79. The lowest BCUT2D eigenvalue weighted by Gasteiger charge is -2.16. The monoisotopic (exact) mass is 375 g/mol. The third kappa shape index (κ3) is 5.27. The maximum Gasteiger partial charge on any atom is 0.252 e. The Kier molecular flexibility index (Phi) is 6.78. The molecule has 1 aliphatic rings. The second-order valence-corrected chi connectivity index (χ2v) is 6.45. The number of likely N-dealkylation sites (tertiary alicyclic amines) is 1. The van der Waals surface area contributed by atoms with Gasteiger partial charge in [0, 0.05) is 26.1 Å². The molecule has 1 aromatic carbocycles. The molecule has 1 aromatic heterocycles. The summed E-state index contributed by atoms with van der Waals surface area (Å²) in [5.41, 5.74) is 0.942. The Bertz CT molecular complexity index is 748. The number of aromatic nitrogens is 2. The van der Waals surface area contributed by atoms with Crippen LogP contribution in [0.2, 0.25) is 0 Å². The van der Waals surface area contributed by atoms with Gasteiger partial charge < -0.3 is 23.6 Å². The number of amides is 1. The van der Waals surface area contributed by atoms with Crippen LogP contribution in [-0.2, 0) is 27.3 Å². The first-order valence-electron chi connectivity index (χ1n) is 8.99. The van der Waals surface area contributed by atoms with Crippen LogP contribution in [0.1, 0.15) is 29.6 Å². The summed E-state index contributed by atoms with van der Waals surface area (Å²) in [6, 6.07) is 7.58. The molecule has 8 heteroatoms. The zero-order valence-electron chi connectivity index (χ0n) is 15.7. The third-order valence-electron chi connectivity index (χ3n) is 4.54. The molecule has 0 N–H and O–H groups in total. The largest absolute Gasteiger partial charge is 0.497 e. The SMILES string of the molecule is COCCOCc1nc(C2CCN(C(=O)Cc3cccc(OC)c3)C2)no1. The summed E-state index contributed by atoms with van der Waals surface area (Å²) in [6.07, 6.45) is 1.18. The molecule has 2 heterocycles. The van der Waals surface area contributed by atoms with E-state index in [4.69, 9.17) is 18.7 Å². The Morgan fingerprint density at radius 3 is 3.04 bits per heavy atom. The van der Waals surface area contributed by atoms with E-state index in [2.05, 4.69) is 10.1 Å². The standard InChI is InChI=1S/C19H25N3O5/c1-24-8-9-26-13-17-20-19(21-27-17)15-6-7-22(12-15)18(23)11-14-4-3-5-16(10-14)25-2/h3-5,10,15H,6-9,11-13H2,1-2H3. The van der Waals surface area contributed by atoms with E-state index in [1.165, 1.54) is 0 Å². The van der Waals surface area contributed by atoms with Gasteiger partial charge in [-0.15, -0.1) is 0 Å². The minimum atomic E-state index is 0.0933. The van der Waals surface area contributed by atoms with Crippen LogP contribution in [0.15, 0.2) is 28.8 Å². The average molecular weight is 375 g/mol. The Morgan fingerprint density at radius 2 is 2.22 bits per heavy atom. The highest BCUT2D eigenvalue weighted by Crippen LogP contribution is 2.26. The second-order valence-electron chi connectivity index (χ2n) is 6.45. The van der Waals surface area contributed by atoms with Gasteiger partial charge in [0.1, 0.15) is 12.4 Å².